The van der Waals surface area contributed by atoms with Crippen molar-refractivity contribution in [3.63, 3.8) is 0 Å². The van der Waals surface area contributed by atoms with E-state index < -0.39 is 0 Å². The van der Waals surface area contributed by atoms with Gasteiger partial charge in [0.15, 0.2) is 0 Å². The minimum absolute atomic E-state index is 0.0500. The van der Waals surface area contributed by atoms with E-state index in [2.05, 4.69) is 17.6 Å². The van der Waals surface area contributed by atoms with Crippen LogP contribution in [0.2, 0.25) is 0 Å². The molecule has 1 aromatic carbocycles. The predicted octanol–water partition coefficient (Wildman–Crippen LogP) is 1.22. The standard InChI is InChI=1S/C15H22N2O2/c1-11-9-13(7-8-16-11)15(19)17-14(10-18)12-5-3-2-4-6-12/h2-6,11,13-14,16,18H,7-10H2,1H3,(H,17,19)/t11?,13?,14-/m0/s1. The van der Waals surface area contributed by atoms with E-state index >= 15 is 0 Å². The maximum atomic E-state index is 12.2. The summed E-state index contributed by atoms with van der Waals surface area (Å²) in [5.41, 5.74) is 0.945. The number of nitrogens with one attached hydrogen (secondary N) is 2. The Kier molecular flexibility index (Phi) is 4.93. The van der Waals surface area contributed by atoms with Crippen molar-refractivity contribution in [1.82, 2.24) is 10.6 Å². The van der Waals surface area contributed by atoms with Crippen LogP contribution in [0.1, 0.15) is 31.4 Å². The van der Waals surface area contributed by atoms with Crippen LogP contribution in [0.5, 0.6) is 0 Å². The van der Waals surface area contributed by atoms with Crippen molar-refractivity contribution in [2.45, 2.75) is 31.8 Å². The number of carbonyl (C=O) groups is 1. The SMILES string of the molecule is CC1CC(C(=O)N[C@@H](CO)c2ccccc2)CCN1. The second-order valence-corrected chi connectivity index (χ2v) is 5.23. The number of amides is 1. The van der Waals surface area contributed by atoms with Crippen LogP contribution in [0.15, 0.2) is 30.3 Å². The third-order valence-electron chi connectivity index (χ3n) is 3.70. The Morgan fingerprint density at radius 3 is 2.84 bits per heavy atom. The highest BCUT2D eigenvalue weighted by molar-refractivity contribution is 5.79. The molecule has 0 radical (unpaired) electrons. The molecule has 1 aliphatic heterocycles. The first-order valence-electron chi connectivity index (χ1n) is 6.90. The van der Waals surface area contributed by atoms with E-state index in [1.54, 1.807) is 0 Å². The van der Waals surface area contributed by atoms with Gasteiger partial charge in [0.2, 0.25) is 5.91 Å². The monoisotopic (exact) mass is 262 g/mol. The topological polar surface area (TPSA) is 61.4 Å². The highest BCUT2D eigenvalue weighted by Gasteiger charge is 2.26. The van der Waals surface area contributed by atoms with E-state index in [0.29, 0.717) is 6.04 Å². The number of benzene rings is 1. The van der Waals surface area contributed by atoms with Gasteiger partial charge in [-0.15, -0.1) is 0 Å². The molecule has 1 fully saturated rings. The molecule has 104 valence electrons. The van der Waals surface area contributed by atoms with E-state index in [0.717, 1.165) is 24.9 Å². The lowest BCUT2D eigenvalue weighted by Crippen LogP contribution is -2.43. The van der Waals surface area contributed by atoms with E-state index in [4.69, 9.17) is 0 Å². The van der Waals surface area contributed by atoms with Gasteiger partial charge in [-0.25, -0.2) is 0 Å². The maximum absolute atomic E-state index is 12.2. The molecule has 2 unspecified atom stereocenters. The van der Waals surface area contributed by atoms with Crippen LogP contribution < -0.4 is 10.6 Å². The van der Waals surface area contributed by atoms with E-state index in [-0.39, 0.29) is 24.5 Å². The summed E-state index contributed by atoms with van der Waals surface area (Å²) in [7, 11) is 0. The molecule has 3 N–H and O–H groups in total. The molecule has 0 bridgehead atoms. The molecule has 4 nitrogen and oxygen atoms in total. The normalized spacial score (nSPS) is 24.7. The average molecular weight is 262 g/mol. The van der Waals surface area contributed by atoms with Gasteiger partial charge in [0, 0.05) is 12.0 Å². The van der Waals surface area contributed by atoms with Crippen molar-refractivity contribution >= 4 is 5.91 Å². The Labute approximate surface area is 114 Å². The van der Waals surface area contributed by atoms with Gasteiger partial charge in [-0.2, -0.15) is 0 Å². The lowest BCUT2D eigenvalue weighted by atomic mass is 9.92. The lowest BCUT2D eigenvalue weighted by molar-refractivity contribution is -0.127. The van der Waals surface area contributed by atoms with Gasteiger partial charge < -0.3 is 15.7 Å². The molecule has 3 atom stereocenters. The highest BCUT2D eigenvalue weighted by atomic mass is 16.3. The molecule has 1 aromatic rings. The molecular weight excluding hydrogens is 240 g/mol. The zero-order valence-electron chi connectivity index (χ0n) is 11.3. The van der Waals surface area contributed by atoms with Crippen LogP contribution >= 0.6 is 0 Å². The number of aliphatic hydroxyl groups is 1. The molecule has 19 heavy (non-hydrogen) atoms. The maximum Gasteiger partial charge on any atom is 0.223 e. The lowest BCUT2D eigenvalue weighted by Gasteiger charge is -2.28. The van der Waals surface area contributed by atoms with E-state index in [9.17, 15) is 9.90 Å². The van der Waals surface area contributed by atoms with Crippen molar-refractivity contribution in [2.75, 3.05) is 13.2 Å². The third kappa shape index (κ3) is 3.78. The van der Waals surface area contributed by atoms with E-state index in [1.807, 2.05) is 30.3 Å². The van der Waals surface area contributed by atoms with Crippen LogP contribution in [0, 0.1) is 5.92 Å². The van der Waals surface area contributed by atoms with Gasteiger partial charge >= 0.3 is 0 Å². The van der Waals surface area contributed by atoms with Crippen LogP contribution in [0.4, 0.5) is 0 Å². The number of hydrogen-bond acceptors (Lipinski definition) is 3. The number of carbonyl (C=O) groups excluding carboxylic acids is 1. The number of aliphatic hydroxyl groups excluding tert-OH is 1. The molecule has 1 amide bonds. The van der Waals surface area contributed by atoms with Crippen molar-refractivity contribution in [2.24, 2.45) is 5.92 Å². The zero-order valence-corrected chi connectivity index (χ0v) is 11.3. The van der Waals surface area contributed by atoms with Gasteiger partial charge in [-0.05, 0) is 31.9 Å². The first-order chi connectivity index (χ1) is 9.20. The second kappa shape index (κ2) is 6.68. The van der Waals surface area contributed by atoms with Crippen LogP contribution in [0.25, 0.3) is 0 Å². The second-order valence-electron chi connectivity index (χ2n) is 5.23. The molecule has 0 spiro atoms. The molecule has 1 saturated heterocycles. The molecule has 2 rings (SSSR count). The summed E-state index contributed by atoms with van der Waals surface area (Å²) < 4.78 is 0. The molecule has 4 heteroatoms. The summed E-state index contributed by atoms with van der Waals surface area (Å²) in [6, 6.07) is 9.67. The number of hydrogen-bond donors (Lipinski definition) is 3. The molecule has 0 aliphatic carbocycles. The fraction of sp³-hybridized carbons (Fsp3) is 0.533. The van der Waals surface area contributed by atoms with Crippen molar-refractivity contribution < 1.29 is 9.90 Å². The Morgan fingerprint density at radius 2 is 2.21 bits per heavy atom. The Bertz CT molecular complexity index is 408. The summed E-state index contributed by atoms with van der Waals surface area (Å²) in [4.78, 5) is 12.2. The van der Waals surface area contributed by atoms with Gasteiger partial charge in [0.1, 0.15) is 0 Å². The largest absolute Gasteiger partial charge is 0.394 e. The summed E-state index contributed by atoms with van der Waals surface area (Å²) in [5.74, 6) is 0.102. The molecule has 1 heterocycles. The zero-order chi connectivity index (χ0) is 13.7. The molecule has 1 aliphatic rings. The van der Waals surface area contributed by atoms with Crippen molar-refractivity contribution in [3.8, 4) is 0 Å². The summed E-state index contributed by atoms with van der Waals surface area (Å²) >= 11 is 0. The molecular formula is C15H22N2O2. The van der Waals surface area contributed by atoms with Gasteiger partial charge in [-0.3, -0.25) is 4.79 Å². The van der Waals surface area contributed by atoms with Crippen LogP contribution in [-0.4, -0.2) is 30.2 Å². The van der Waals surface area contributed by atoms with Crippen molar-refractivity contribution in [3.05, 3.63) is 35.9 Å². The summed E-state index contributed by atoms with van der Waals surface area (Å²) in [6.45, 7) is 2.91. The molecule has 0 saturated carbocycles. The van der Waals surface area contributed by atoms with Crippen LogP contribution in [-0.2, 0) is 4.79 Å². The van der Waals surface area contributed by atoms with Gasteiger partial charge in [0.25, 0.3) is 0 Å². The Balaban J connectivity index is 1.96. The first kappa shape index (κ1) is 14.0. The van der Waals surface area contributed by atoms with Gasteiger partial charge in [-0.1, -0.05) is 30.3 Å². The van der Waals surface area contributed by atoms with Crippen molar-refractivity contribution in [1.29, 1.82) is 0 Å². The van der Waals surface area contributed by atoms with Gasteiger partial charge in [0.05, 0.1) is 12.6 Å². The van der Waals surface area contributed by atoms with Crippen LogP contribution in [0.3, 0.4) is 0 Å². The van der Waals surface area contributed by atoms with E-state index in [1.165, 1.54) is 0 Å². The fourth-order valence-electron chi connectivity index (χ4n) is 2.58. The fourth-order valence-corrected chi connectivity index (χ4v) is 2.58. The minimum atomic E-state index is -0.307. The summed E-state index contributed by atoms with van der Waals surface area (Å²) in [5, 5.41) is 15.7. The highest BCUT2D eigenvalue weighted by Crippen LogP contribution is 2.18. The average Bonchev–Trinajstić information content (AvgIpc) is 2.45. The molecule has 0 aromatic heterocycles. The number of rotatable bonds is 4. The summed E-state index contributed by atoms with van der Waals surface area (Å²) in [6.07, 6.45) is 1.72. The first-order valence-corrected chi connectivity index (χ1v) is 6.90. The smallest absolute Gasteiger partial charge is 0.223 e. The Morgan fingerprint density at radius 1 is 1.47 bits per heavy atom. The minimum Gasteiger partial charge on any atom is -0.394 e. The third-order valence-corrected chi connectivity index (χ3v) is 3.70. The predicted molar refractivity (Wildman–Crippen MR) is 74.6 cm³/mol. The number of piperidine rings is 1. The Hall–Kier alpha value is -1.39. The quantitative estimate of drug-likeness (QED) is 0.764.